The second-order valence-corrected chi connectivity index (χ2v) is 8.47. The van der Waals surface area contributed by atoms with Crippen molar-refractivity contribution in [3.63, 3.8) is 0 Å². The van der Waals surface area contributed by atoms with Gasteiger partial charge in [-0.1, -0.05) is 18.2 Å². The monoisotopic (exact) mass is 398 g/mol. The third-order valence-electron chi connectivity index (χ3n) is 5.18. The van der Waals surface area contributed by atoms with Gasteiger partial charge in [0.15, 0.2) is 0 Å². The number of hydrogen-bond donors (Lipinski definition) is 0. The Hall–Kier alpha value is -2.09. The number of halogens is 3. The number of hydrogen-bond acceptors (Lipinski definition) is 4. The van der Waals surface area contributed by atoms with Crippen molar-refractivity contribution in [2.24, 2.45) is 0 Å². The number of amides is 1. The molecule has 28 heavy (non-hydrogen) atoms. The van der Waals surface area contributed by atoms with Gasteiger partial charge in [0, 0.05) is 5.69 Å². The summed E-state index contributed by atoms with van der Waals surface area (Å²) in [7, 11) is 0. The lowest BCUT2D eigenvalue weighted by atomic mass is 9.73. The second kappa shape index (κ2) is 7.06. The highest BCUT2D eigenvalue weighted by atomic mass is 19.4. The van der Waals surface area contributed by atoms with E-state index in [1.54, 1.807) is 32.9 Å². The summed E-state index contributed by atoms with van der Waals surface area (Å²) in [6.45, 7) is 4.44. The van der Waals surface area contributed by atoms with Crippen molar-refractivity contribution in [3.8, 4) is 0 Å². The largest absolute Gasteiger partial charge is 0.459 e. The van der Waals surface area contributed by atoms with Gasteiger partial charge in [0.05, 0.1) is 12.0 Å². The van der Waals surface area contributed by atoms with E-state index >= 15 is 0 Å². The lowest BCUT2D eigenvalue weighted by molar-refractivity contribution is -0.154. The number of piperidine rings is 1. The van der Waals surface area contributed by atoms with Gasteiger partial charge in [0.2, 0.25) is 5.91 Å². The van der Waals surface area contributed by atoms with E-state index in [-0.39, 0.29) is 25.5 Å². The van der Waals surface area contributed by atoms with Crippen molar-refractivity contribution in [3.05, 3.63) is 29.8 Å². The SMILES string of the molecule is CC(C)(C)OC(=O)CN1C(=O)C2(CCN(CC(F)(F)F)CC2)c2ccccc21. The fourth-order valence-electron chi connectivity index (χ4n) is 4.09. The molecule has 0 radical (unpaired) electrons. The van der Waals surface area contributed by atoms with E-state index in [1.807, 2.05) is 12.1 Å². The number of fused-ring (bicyclic) bond motifs is 2. The molecule has 0 saturated carbocycles. The minimum Gasteiger partial charge on any atom is -0.459 e. The Morgan fingerprint density at radius 2 is 1.75 bits per heavy atom. The zero-order valence-electron chi connectivity index (χ0n) is 16.3. The molecule has 0 N–H and O–H groups in total. The highest BCUT2D eigenvalue weighted by Gasteiger charge is 2.52. The summed E-state index contributed by atoms with van der Waals surface area (Å²) in [6, 6.07) is 7.20. The summed E-state index contributed by atoms with van der Waals surface area (Å²) in [5.74, 6) is -0.742. The van der Waals surface area contributed by atoms with Gasteiger partial charge < -0.3 is 9.64 Å². The third-order valence-corrected chi connectivity index (χ3v) is 5.18. The molecule has 1 saturated heterocycles. The molecule has 2 aliphatic rings. The van der Waals surface area contributed by atoms with Gasteiger partial charge in [-0.3, -0.25) is 14.5 Å². The number of benzene rings is 1. The molecule has 1 amide bonds. The quantitative estimate of drug-likeness (QED) is 0.734. The number of esters is 1. The fourth-order valence-corrected chi connectivity index (χ4v) is 4.09. The predicted molar refractivity (Wildman–Crippen MR) is 98.0 cm³/mol. The van der Waals surface area contributed by atoms with E-state index in [2.05, 4.69) is 0 Å². The van der Waals surface area contributed by atoms with Crippen molar-refractivity contribution in [1.29, 1.82) is 0 Å². The van der Waals surface area contributed by atoms with Crippen LogP contribution in [0.3, 0.4) is 0 Å². The first-order valence-electron chi connectivity index (χ1n) is 9.34. The van der Waals surface area contributed by atoms with Gasteiger partial charge in [-0.15, -0.1) is 0 Å². The van der Waals surface area contributed by atoms with E-state index in [1.165, 1.54) is 9.80 Å². The zero-order valence-corrected chi connectivity index (χ0v) is 16.3. The Balaban J connectivity index is 1.81. The molecule has 1 aromatic rings. The van der Waals surface area contributed by atoms with Crippen LogP contribution in [0.15, 0.2) is 24.3 Å². The van der Waals surface area contributed by atoms with Crippen molar-refractivity contribution in [2.45, 2.75) is 50.8 Å². The molecule has 1 aromatic carbocycles. The van der Waals surface area contributed by atoms with Crippen LogP contribution in [0.1, 0.15) is 39.2 Å². The number of carbonyl (C=O) groups is 2. The van der Waals surface area contributed by atoms with Crippen molar-refractivity contribution < 1.29 is 27.5 Å². The molecular formula is C20H25F3N2O3. The fraction of sp³-hybridized carbons (Fsp3) is 0.600. The van der Waals surface area contributed by atoms with Crippen LogP contribution >= 0.6 is 0 Å². The van der Waals surface area contributed by atoms with Gasteiger partial charge in [-0.05, 0) is 58.3 Å². The van der Waals surface area contributed by atoms with Crippen LogP contribution in [0, 0.1) is 0 Å². The maximum absolute atomic E-state index is 13.3. The van der Waals surface area contributed by atoms with Gasteiger partial charge in [-0.25, -0.2) is 0 Å². The smallest absolute Gasteiger partial charge is 0.401 e. The highest BCUT2D eigenvalue weighted by molar-refractivity contribution is 6.10. The predicted octanol–water partition coefficient (Wildman–Crippen LogP) is 3.27. The van der Waals surface area contributed by atoms with Gasteiger partial charge >= 0.3 is 12.1 Å². The number of carbonyl (C=O) groups excluding carboxylic acids is 2. The van der Waals surface area contributed by atoms with E-state index in [0.29, 0.717) is 18.5 Å². The summed E-state index contributed by atoms with van der Waals surface area (Å²) in [5, 5.41) is 0. The first kappa shape index (κ1) is 20.6. The second-order valence-electron chi connectivity index (χ2n) is 8.47. The average Bonchev–Trinajstić information content (AvgIpc) is 2.77. The number of anilines is 1. The number of para-hydroxylation sites is 1. The molecule has 2 heterocycles. The molecular weight excluding hydrogens is 373 g/mol. The van der Waals surface area contributed by atoms with Gasteiger partial charge in [0.25, 0.3) is 0 Å². The first-order valence-corrected chi connectivity index (χ1v) is 9.34. The van der Waals surface area contributed by atoms with E-state index in [0.717, 1.165) is 5.56 Å². The van der Waals surface area contributed by atoms with Crippen LogP contribution in [0.5, 0.6) is 0 Å². The molecule has 0 unspecified atom stereocenters. The van der Waals surface area contributed by atoms with E-state index in [9.17, 15) is 22.8 Å². The average molecular weight is 398 g/mol. The van der Waals surface area contributed by atoms with Crippen LogP contribution in [-0.2, 0) is 19.7 Å². The molecule has 5 nitrogen and oxygen atoms in total. The van der Waals surface area contributed by atoms with Crippen molar-refractivity contribution in [1.82, 2.24) is 4.90 Å². The molecule has 0 bridgehead atoms. The summed E-state index contributed by atoms with van der Waals surface area (Å²) in [4.78, 5) is 28.4. The van der Waals surface area contributed by atoms with Gasteiger partial charge in [-0.2, -0.15) is 13.2 Å². The highest BCUT2D eigenvalue weighted by Crippen LogP contribution is 2.48. The maximum atomic E-state index is 13.3. The molecule has 8 heteroatoms. The molecule has 2 aliphatic heterocycles. The van der Waals surface area contributed by atoms with Crippen LogP contribution < -0.4 is 4.90 Å². The maximum Gasteiger partial charge on any atom is 0.401 e. The Labute approximate surface area is 162 Å². The molecule has 3 rings (SSSR count). The molecule has 0 atom stereocenters. The summed E-state index contributed by atoms with van der Waals surface area (Å²) in [6.07, 6.45) is -3.67. The summed E-state index contributed by atoms with van der Waals surface area (Å²) in [5.41, 5.74) is -0.112. The molecule has 1 fully saturated rings. The van der Waals surface area contributed by atoms with Gasteiger partial charge in [0.1, 0.15) is 12.1 Å². The summed E-state index contributed by atoms with van der Waals surface area (Å²) < 4.78 is 43.4. The topological polar surface area (TPSA) is 49.9 Å². The number of ether oxygens (including phenoxy) is 1. The standard InChI is InChI=1S/C20H25F3N2O3/c1-18(2,3)28-16(26)12-25-15-7-5-4-6-14(15)19(17(25)27)8-10-24(11-9-19)13-20(21,22)23/h4-7H,8-13H2,1-3H3. The van der Waals surface area contributed by atoms with E-state index in [4.69, 9.17) is 4.74 Å². The van der Waals surface area contributed by atoms with E-state index < -0.39 is 29.7 Å². The Kier molecular flexibility index (Phi) is 5.20. The van der Waals surface area contributed by atoms with Crippen LogP contribution in [0.4, 0.5) is 18.9 Å². The minimum absolute atomic E-state index is 0.180. The van der Waals surface area contributed by atoms with Crippen LogP contribution in [-0.4, -0.2) is 54.7 Å². The van der Waals surface area contributed by atoms with Crippen molar-refractivity contribution in [2.75, 3.05) is 31.1 Å². The lowest BCUT2D eigenvalue weighted by Crippen LogP contribution is -2.51. The zero-order chi connectivity index (χ0) is 20.7. The number of rotatable bonds is 3. The normalized spacial score (nSPS) is 19.8. The van der Waals surface area contributed by atoms with Crippen LogP contribution in [0.25, 0.3) is 0 Å². The molecule has 1 spiro atoms. The molecule has 154 valence electrons. The Morgan fingerprint density at radius 3 is 2.32 bits per heavy atom. The Bertz CT molecular complexity index is 763. The number of alkyl halides is 3. The van der Waals surface area contributed by atoms with Crippen molar-refractivity contribution >= 4 is 17.6 Å². The first-order chi connectivity index (χ1) is 12.9. The number of nitrogens with zero attached hydrogens (tertiary/aromatic N) is 2. The summed E-state index contributed by atoms with van der Waals surface area (Å²) >= 11 is 0. The third kappa shape index (κ3) is 4.16. The minimum atomic E-state index is -4.26. The number of likely N-dealkylation sites (tertiary alicyclic amines) is 1. The van der Waals surface area contributed by atoms with Crippen LogP contribution in [0.2, 0.25) is 0 Å². The molecule has 0 aromatic heterocycles. The molecule has 0 aliphatic carbocycles. The lowest BCUT2D eigenvalue weighted by Gasteiger charge is -2.38. The Morgan fingerprint density at radius 1 is 1.14 bits per heavy atom.